The average molecular weight is 953 g/mol. The Balaban J connectivity index is 2.19. The molecule has 1 heterocycles. The summed E-state index contributed by atoms with van der Waals surface area (Å²) in [6.45, 7) is 4.31. The predicted molar refractivity (Wildman–Crippen MR) is 283 cm³/mol. The lowest BCUT2D eigenvalue weighted by Gasteiger charge is -2.39. The maximum atomic E-state index is 12.9. The van der Waals surface area contributed by atoms with Crippen molar-refractivity contribution in [3.8, 4) is 0 Å². The van der Waals surface area contributed by atoms with Crippen LogP contribution >= 0.6 is 0 Å². The van der Waals surface area contributed by atoms with Gasteiger partial charge in [-0.2, -0.15) is 0 Å². The van der Waals surface area contributed by atoms with Gasteiger partial charge in [-0.05, 0) is 89.9 Å². The third kappa shape index (κ3) is 38.9. The van der Waals surface area contributed by atoms with E-state index in [0.717, 1.165) is 96.3 Å². The first-order valence-corrected chi connectivity index (χ1v) is 27.3. The van der Waals surface area contributed by atoms with Crippen LogP contribution in [-0.2, 0) is 23.7 Å². The van der Waals surface area contributed by atoms with E-state index in [1.165, 1.54) is 89.9 Å². The van der Waals surface area contributed by atoms with Crippen molar-refractivity contribution in [1.29, 1.82) is 0 Å². The van der Waals surface area contributed by atoms with E-state index in [0.29, 0.717) is 13.0 Å². The first kappa shape index (κ1) is 63.1. The highest BCUT2D eigenvalue weighted by Crippen LogP contribution is 2.23. The Kier molecular flexibility index (Phi) is 45.6. The minimum atomic E-state index is -1.54. The molecule has 0 spiro atoms. The van der Waals surface area contributed by atoms with Crippen molar-refractivity contribution in [2.24, 2.45) is 0 Å². The van der Waals surface area contributed by atoms with Crippen LogP contribution in [0, 0.1) is 0 Å². The van der Waals surface area contributed by atoms with Crippen LogP contribution in [0.2, 0.25) is 0 Å². The van der Waals surface area contributed by atoms with Gasteiger partial charge in [-0.25, -0.2) is 0 Å². The van der Waals surface area contributed by atoms with Crippen molar-refractivity contribution >= 4 is 5.97 Å². The average Bonchev–Trinajstić information content (AvgIpc) is 3.34. The molecule has 6 unspecified atom stereocenters. The molecule has 9 nitrogen and oxygen atoms in total. The van der Waals surface area contributed by atoms with Crippen LogP contribution in [0.3, 0.4) is 0 Å². The van der Waals surface area contributed by atoms with E-state index in [9.17, 15) is 25.2 Å². The highest BCUT2D eigenvalue weighted by molar-refractivity contribution is 5.69. The quantitative estimate of drug-likeness (QED) is 0.0267. The second-order valence-corrected chi connectivity index (χ2v) is 18.3. The minimum absolute atomic E-state index is 0.124. The number of allylic oxidation sites excluding steroid dienone is 16. The van der Waals surface area contributed by atoms with Crippen LogP contribution in [0.4, 0.5) is 0 Å². The molecule has 1 saturated heterocycles. The normalized spacial score (nSPS) is 19.9. The lowest BCUT2D eigenvalue weighted by atomic mass is 9.99. The summed E-state index contributed by atoms with van der Waals surface area (Å²) in [5.74, 6) is -0.323. The third-order valence-electron chi connectivity index (χ3n) is 12.0. The molecule has 390 valence electrons. The third-order valence-corrected chi connectivity index (χ3v) is 12.0. The molecular formula is C59H100O9. The largest absolute Gasteiger partial charge is 0.457 e. The maximum Gasteiger partial charge on any atom is 0.306 e. The molecule has 68 heavy (non-hydrogen) atoms. The summed E-state index contributed by atoms with van der Waals surface area (Å²) in [6.07, 6.45) is 61.6. The summed E-state index contributed by atoms with van der Waals surface area (Å²) < 4.78 is 22.9. The standard InChI is InChI=1S/C59H100O9/c1-3-5-7-9-11-13-15-17-19-21-23-25-26-27-28-29-30-32-34-36-38-40-42-44-46-48-55(61)67-53(52-66-59-58(64)57(63)56(62)54(50-60)68-59)51-65-49-47-45-43-41-39-37-35-33-31-24-22-20-18-16-14-12-10-8-6-4-2/h5-8,11-14,17-20,23-25,31,53-54,56-60,62-64H,3-4,9-10,15-16,21-22,26-30,32-52H2,1-2H3/b7-5-,8-6-,13-11-,14-12-,19-17-,20-18-,25-23-,31-24-. The van der Waals surface area contributed by atoms with E-state index < -0.39 is 43.4 Å². The van der Waals surface area contributed by atoms with Gasteiger partial charge in [0.15, 0.2) is 6.29 Å². The predicted octanol–water partition coefficient (Wildman–Crippen LogP) is 13.9. The Hall–Kier alpha value is -2.89. The second kappa shape index (κ2) is 49.1. The Labute approximate surface area is 415 Å². The number of carbonyl (C=O) groups is 1. The van der Waals surface area contributed by atoms with Crippen molar-refractivity contribution in [1.82, 2.24) is 0 Å². The Morgan fingerprint density at radius 2 is 0.853 bits per heavy atom. The molecule has 0 saturated carbocycles. The van der Waals surface area contributed by atoms with E-state index in [2.05, 4.69) is 111 Å². The maximum absolute atomic E-state index is 12.9. The van der Waals surface area contributed by atoms with Crippen LogP contribution < -0.4 is 0 Å². The van der Waals surface area contributed by atoms with E-state index in [1.54, 1.807) is 0 Å². The van der Waals surface area contributed by atoms with Gasteiger partial charge in [0.25, 0.3) is 0 Å². The zero-order valence-electron chi connectivity index (χ0n) is 43.1. The fourth-order valence-electron chi connectivity index (χ4n) is 7.83. The highest BCUT2D eigenvalue weighted by Gasteiger charge is 2.44. The molecule has 0 bridgehead atoms. The van der Waals surface area contributed by atoms with Crippen molar-refractivity contribution in [2.75, 3.05) is 26.4 Å². The highest BCUT2D eigenvalue weighted by atomic mass is 16.7. The van der Waals surface area contributed by atoms with E-state index in [4.69, 9.17) is 18.9 Å². The zero-order chi connectivity index (χ0) is 49.2. The fourth-order valence-corrected chi connectivity index (χ4v) is 7.83. The summed E-state index contributed by atoms with van der Waals surface area (Å²) in [4.78, 5) is 12.9. The molecule has 1 fully saturated rings. The van der Waals surface area contributed by atoms with Crippen LogP contribution in [0.5, 0.6) is 0 Å². The molecule has 1 aliphatic rings. The van der Waals surface area contributed by atoms with E-state index in [-0.39, 0.29) is 19.2 Å². The van der Waals surface area contributed by atoms with Crippen molar-refractivity contribution in [2.45, 2.75) is 243 Å². The van der Waals surface area contributed by atoms with Gasteiger partial charge in [-0.15, -0.1) is 0 Å². The van der Waals surface area contributed by atoms with Crippen LogP contribution in [0.1, 0.15) is 206 Å². The van der Waals surface area contributed by atoms with Gasteiger partial charge < -0.3 is 39.4 Å². The van der Waals surface area contributed by atoms with E-state index in [1.807, 2.05) is 0 Å². The molecule has 4 N–H and O–H groups in total. The molecule has 0 aromatic heterocycles. The molecule has 1 aliphatic heterocycles. The number of aliphatic hydroxyl groups is 4. The molecule has 0 amide bonds. The summed E-state index contributed by atoms with van der Waals surface area (Å²) >= 11 is 0. The zero-order valence-corrected chi connectivity index (χ0v) is 43.1. The molecule has 6 atom stereocenters. The lowest BCUT2D eigenvalue weighted by molar-refractivity contribution is -0.305. The van der Waals surface area contributed by atoms with Crippen LogP contribution in [0.25, 0.3) is 0 Å². The van der Waals surface area contributed by atoms with Crippen molar-refractivity contribution < 1.29 is 44.2 Å². The summed E-state index contributed by atoms with van der Waals surface area (Å²) in [5.41, 5.74) is 0. The van der Waals surface area contributed by atoms with Gasteiger partial charge in [-0.1, -0.05) is 207 Å². The number of aliphatic hydroxyl groups excluding tert-OH is 4. The van der Waals surface area contributed by atoms with E-state index >= 15 is 0 Å². The van der Waals surface area contributed by atoms with Crippen LogP contribution in [0.15, 0.2) is 97.2 Å². The van der Waals surface area contributed by atoms with Gasteiger partial charge in [0.1, 0.15) is 30.5 Å². The number of rotatable bonds is 46. The van der Waals surface area contributed by atoms with Crippen LogP contribution in [-0.4, -0.2) is 89.6 Å². The fraction of sp³-hybridized carbons (Fsp3) is 0.712. The molecule has 9 heteroatoms. The second-order valence-electron chi connectivity index (χ2n) is 18.3. The topological polar surface area (TPSA) is 135 Å². The summed E-state index contributed by atoms with van der Waals surface area (Å²) in [6, 6.07) is 0. The molecular weight excluding hydrogens is 853 g/mol. The Morgan fingerprint density at radius 3 is 1.28 bits per heavy atom. The number of carbonyl (C=O) groups excluding carboxylic acids is 1. The molecule has 0 aromatic carbocycles. The first-order valence-electron chi connectivity index (χ1n) is 27.3. The van der Waals surface area contributed by atoms with Gasteiger partial charge in [0, 0.05) is 13.0 Å². The number of hydrogen-bond donors (Lipinski definition) is 4. The minimum Gasteiger partial charge on any atom is -0.457 e. The lowest BCUT2D eigenvalue weighted by Crippen LogP contribution is -2.59. The molecule has 1 rings (SSSR count). The monoisotopic (exact) mass is 953 g/mol. The SMILES string of the molecule is CC/C=C\C/C=C\C/C=C\C/C=C\CCCCCCCCCCCCCCC(=O)OC(COCCCCCCCCC/C=C\C/C=C\C/C=C\C/C=C\CC)COC1OC(CO)C(O)C(O)C1O. The van der Waals surface area contributed by atoms with Gasteiger partial charge >= 0.3 is 5.97 Å². The number of esters is 1. The number of ether oxygens (including phenoxy) is 4. The van der Waals surface area contributed by atoms with Gasteiger partial charge in [-0.3, -0.25) is 4.79 Å². The summed E-state index contributed by atoms with van der Waals surface area (Å²) in [5, 5.41) is 40.3. The Bertz CT molecular complexity index is 1360. The Morgan fingerprint density at radius 1 is 0.471 bits per heavy atom. The summed E-state index contributed by atoms with van der Waals surface area (Å²) in [7, 11) is 0. The van der Waals surface area contributed by atoms with Crippen molar-refractivity contribution in [3.63, 3.8) is 0 Å². The number of unbranched alkanes of at least 4 members (excludes halogenated alkanes) is 19. The molecule has 0 radical (unpaired) electrons. The van der Waals surface area contributed by atoms with Crippen molar-refractivity contribution in [3.05, 3.63) is 97.2 Å². The molecule has 0 aromatic rings. The first-order chi connectivity index (χ1) is 33.4. The van der Waals surface area contributed by atoms with Gasteiger partial charge in [0.05, 0.1) is 19.8 Å². The number of hydrogen-bond acceptors (Lipinski definition) is 9. The van der Waals surface area contributed by atoms with Gasteiger partial charge in [0.2, 0.25) is 0 Å². The molecule has 0 aliphatic carbocycles. The smallest absolute Gasteiger partial charge is 0.306 e.